The minimum atomic E-state index is -0.797. The molecule has 0 radical (unpaired) electrons. The molecule has 0 heterocycles. The minimum absolute atomic E-state index is 0.106. The first-order valence-corrected chi connectivity index (χ1v) is 7.16. The van der Waals surface area contributed by atoms with Crippen molar-refractivity contribution < 1.29 is 9.90 Å². The molecule has 0 bridgehead atoms. The first-order chi connectivity index (χ1) is 9.66. The van der Waals surface area contributed by atoms with Crippen molar-refractivity contribution in [2.75, 3.05) is 5.32 Å². The number of anilines is 1. The van der Waals surface area contributed by atoms with Crippen molar-refractivity contribution in [3.8, 4) is 0 Å². The number of carbonyl (C=O) groups excluding carboxylic acids is 1. The molecule has 1 aliphatic carbocycles. The second-order valence-corrected chi connectivity index (χ2v) is 5.68. The summed E-state index contributed by atoms with van der Waals surface area (Å²) in [5, 5.41) is 15.4. The minimum Gasteiger partial charge on any atom is -0.389 e. The van der Waals surface area contributed by atoms with E-state index in [9.17, 15) is 9.90 Å². The van der Waals surface area contributed by atoms with Gasteiger partial charge in [0.05, 0.1) is 12.0 Å². The number of carbonyl (C=O) groups is 1. The highest BCUT2D eigenvalue weighted by Crippen LogP contribution is 2.33. The van der Waals surface area contributed by atoms with Crippen molar-refractivity contribution in [3.05, 3.63) is 42.5 Å². The van der Waals surface area contributed by atoms with Gasteiger partial charge in [-0.1, -0.05) is 49.2 Å². The summed E-state index contributed by atoms with van der Waals surface area (Å²) in [4.78, 5) is 12.1. The van der Waals surface area contributed by atoms with Gasteiger partial charge in [0.2, 0.25) is 5.91 Å². The lowest BCUT2D eigenvalue weighted by Crippen LogP contribution is -2.30. The monoisotopic (exact) mass is 269 g/mol. The second-order valence-electron chi connectivity index (χ2n) is 5.68. The molecule has 3 nitrogen and oxygen atoms in total. The normalized spacial score (nSPS) is 17.2. The number of amides is 1. The SMILES string of the molecule is O=C(CC1(O)CCCC1)Nc1cccc2ccccc12. The summed E-state index contributed by atoms with van der Waals surface area (Å²) in [5.74, 6) is -0.106. The van der Waals surface area contributed by atoms with Gasteiger partial charge in [0.1, 0.15) is 0 Å². The van der Waals surface area contributed by atoms with Crippen molar-refractivity contribution in [2.24, 2.45) is 0 Å². The number of hydrogen-bond acceptors (Lipinski definition) is 2. The second kappa shape index (κ2) is 5.25. The lowest BCUT2D eigenvalue weighted by Gasteiger charge is -2.21. The molecule has 0 unspecified atom stereocenters. The maximum Gasteiger partial charge on any atom is 0.227 e. The van der Waals surface area contributed by atoms with E-state index in [2.05, 4.69) is 5.32 Å². The number of nitrogens with one attached hydrogen (secondary N) is 1. The van der Waals surface area contributed by atoms with Gasteiger partial charge >= 0.3 is 0 Å². The van der Waals surface area contributed by atoms with Crippen LogP contribution in [0.3, 0.4) is 0 Å². The van der Waals surface area contributed by atoms with Gasteiger partial charge in [0.25, 0.3) is 0 Å². The van der Waals surface area contributed by atoms with Crippen LogP contribution in [0, 0.1) is 0 Å². The third kappa shape index (κ3) is 2.68. The highest BCUT2D eigenvalue weighted by molar-refractivity contribution is 6.02. The van der Waals surface area contributed by atoms with Crippen molar-refractivity contribution in [1.29, 1.82) is 0 Å². The predicted octanol–water partition coefficient (Wildman–Crippen LogP) is 3.47. The Labute approximate surface area is 118 Å². The topological polar surface area (TPSA) is 49.3 Å². The fourth-order valence-corrected chi connectivity index (χ4v) is 3.04. The molecule has 1 saturated carbocycles. The Morgan fingerprint density at radius 2 is 1.80 bits per heavy atom. The standard InChI is InChI=1S/C17H19NO2/c19-16(12-17(20)10-3-4-11-17)18-15-9-5-7-13-6-1-2-8-14(13)15/h1-2,5-9,20H,3-4,10-12H2,(H,18,19). The maximum absolute atomic E-state index is 12.1. The van der Waals surface area contributed by atoms with Gasteiger partial charge in [0, 0.05) is 11.1 Å². The summed E-state index contributed by atoms with van der Waals surface area (Å²) in [6.45, 7) is 0. The van der Waals surface area contributed by atoms with Crippen LogP contribution in [0.1, 0.15) is 32.1 Å². The zero-order chi connectivity index (χ0) is 14.0. The zero-order valence-electron chi connectivity index (χ0n) is 11.4. The Morgan fingerprint density at radius 1 is 1.10 bits per heavy atom. The van der Waals surface area contributed by atoms with E-state index in [4.69, 9.17) is 0 Å². The van der Waals surface area contributed by atoms with Crippen LogP contribution in [0.4, 0.5) is 5.69 Å². The molecule has 1 amide bonds. The molecule has 20 heavy (non-hydrogen) atoms. The van der Waals surface area contributed by atoms with Crippen molar-refractivity contribution in [1.82, 2.24) is 0 Å². The average Bonchev–Trinajstić information content (AvgIpc) is 2.85. The Hall–Kier alpha value is -1.87. The fourth-order valence-electron chi connectivity index (χ4n) is 3.04. The van der Waals surface area contributed by atoms with Gasteiger partial charge in [-0.2, -0.15) is 0 Å². The van der Waals surface area contributed by atoms with Crippen molar-refractivity contribution in [3.63, 3.8) is 0 Å². The van der Waals surface area contributed by atoms with E-state index in [0.29, 0.717) is 0 Å². The Morgan fingerprint density at radius 3 is 2.60 bits per heavy atom. The molecule has 0 aromatic heterocycles. The highest BCUT2D eigenvalue weighted by atomic mass is 16.3. The first kappa shape index (κ1) is 13.1. The molecule has 1 aliphatic rings. The molecule has 1 fully saturated rings. The number of hydrogen-bond donors (Lipinski definition) is 2. The molecule has 2 N–H and O–H groups in total. The molecule has 104 valence electrons. The van der Waals surface area contributed by atoms with E-state index in [1.165, 1.54) is 0 Å². The molecule has 0 spiro atoms. The highest BCUT2D eigenvalue weighted by Gasteiger charge is 2.33. The first-order valence-electron chi connectivity index (χ1n) is 7.16. The van der Waals surface area contributed by atoms with Gasteiger partial charge in [-0.3, -0.25) is 4.79 Å². The largest absolute Gasteiger partial charge is 0.389 e. The van der Waals surface area contributed by atoms with Crippen LogP contribution >= 0.6 is 0 Å². The van der Waals surface area contributed by atoms with Crippen LogP contribution in [0.25, 0.3) is 10.8 Å². The van der Waals surface area contributed by atoms with Gasteiger partial charge in [0.15, 0.2) is 0 Å². The molecule has 0 aliphatic heterocycles. The summed E-state index contributed by atoms with van der Waals surface area (Å²) in [7, 11) is 0. The van der Waals surface area contributed by atoms with E-state index in [1.54, 1.807) is 0 Å². The lowest BCUT2D eigenvalue weighted by molar-refractivity contribution is -0.120. The smallest absolute Gasteiger partial charge is 0.227 e. The van der Waals surface area contributed by atoms with Crippen LogP contribution in [0.15, 0.2) is 42.5 Å². The van der Waals surface area contributed by atoms with E-state index >= 15 is 0 Å². The summed E-state index contributed by atoms with van der Waals surface area (Å²) < 4.78 is 0. The van der Waals surface area contributed by atoms with Crippen LogP contribution in [0.2, 0.25) is 0 Å². The zero-order valence-corrected chi connectivity index (χ0v) is 11.4. The van der Waals surface area contributed by atoms with Crippen molar-refractivity contribution in [2.45, 2.75) is 37.7 Å². The molecule has 3 heteroatoms. The number of rotatable bonds is 3. The maximum atomic E-state index is 12.1. The Balaban J connectivity index is 1.77. The Bertz CT molecular complexity index is 624. The summed E-state index contributed by atoms with van der Waals surface area (Å²) in [6.07, 6.45) is 3.68. The van der Waals surface area contributed by atoms with Gasteiger partial charge in [-0.05, 0) is 24.3 Å². The van der Waals surface area contributed by atoms with E-state index in [1.807, 2.05) is 42.5 Å². The number of aliphatic hydroxyl groups is 1. The molecular formula is C17H19NO2. The predicted molar refractivity (Wildman–Crippen MR) is 80.6 cm³/mol. The van der Waals surface area contributed by atoms with Gasteiger partial charge in [-0.15, -0.1) is 0 Å². The third-order valence-corrected chi connectivity index (χ3v) is 4.09. The van der Waals surface area contributed by atoms with Crippen LogP contribution in [-0.4, -0.2) is 16.6 Å². The van der Waals surface area contributed by atoms with E-state index in [0.717, 1.165) is 42.1 Å². The van der Waals surface area contributed by atoms with Crippen LogP contribution < -0.4 is 5.32 Å². The molecule has 2 aromatic carbocycles. The molecular weight excluding hydrogens is 250 g/mol. The molecule has 0 saturated heterocycles. The van der Waals surface area contributed by atoms with Gasteiger partial charge in [-0.25, -0.2) is 0 Å². The van der Waals surface area contributed by atoms with E-state index in [-0.39, 0.29) is 12.3 Å². The molecule has 3 rings (SSSR count). The summed E-state index contributed by atoms with van der Waals surface area (Å²) >= 11 is 0. The quantitative estimate of drug-likeness (QED) is 0.896. The fraction of sp³-hybridized carbons (Fsp3) is 0.353. The van der Waals surface area contributed by atoms with Crippen LogP contribution in [0.5, 0.6) is 0 Å². The van der Waals surface area contributed by atoms with E-state index < -0.39 is 5.60 Å². The summed E-state index contributed by atoms with van der Waals surface area (Å²) in [5.41, 5.74) is 0.0176. The summed E-state index contributed by atoms with van der Waals surface area (Å²) in [6, 6.07) is 13.8. The van der Waals surface area contributed by atoms with Crippen molar-refractivity contribution >= 4 is 22.4 Å². The number of fused-ring (bicyclic) bond motifs is 1. The lowest BCUT2D eigenvalue weighted by atomic mass is 9.97. The van der Waals surface area contributed by atoms with Gasteiger partial charge < -0.3 is 10.4 Å². The molecule has 2 aromatic rings. The average molecular weight is 269 g/mol. The Kier molecular flexibility index (Phi) is 3.45. The molecule has 0 atom stereocenters. The number of benzene rings is 2. The third-order valence-electron chi connectivity index (χ3n) is 4.09. The van der Waals surface area contributed by atoms with Crippen LogP contribution in [-0.2, 0) is 4.79 Å².